The molecule has 0 aliphatic carbocycles. The molecular weight excluding hydrogens is 540 g/mol. The summed E-state index contributed by atoms with van der Waals surface area (Å²) < 4.78 is 15.6. The first-order valence-electron chi connectivity index (χ1n) is 12.1. The SMILES string of the molecule is CCOC(=O)c1sc(-c2ccccc2)cc1NC(=O)COC(=O)[C@@H](CCSC)NC(=O)c1ccccc1OC. The van der Waals surface area contributed by atoms with Crippen LogP contribution in [0.1, 0.15) is 33.4 Å². The lowest BCUT2D eigenvalue weighted by Gasteiger charge is -2.18. The molecule has 1 aromatic heterocycles. The Labute approximate surface area is 235 Å². The van der Waals surface area contributed by atoms with Gasteiger partial charge in [-0.05, 0) is 49.1 Å². The number of para-hydroxylation sites is 1. The lowest BCUT2D eigenvalue weighted by molar-refractivity contribution is -0.149. The van der Waals surface area contributed by atoms with Gasteiger partial charge in [0, 0.05) is 4.88 Å². The first-order valence-corrected chi connectivity index (χ1v) is 14.3. The van der Waals surface area contributed by atoms with Crippen LogP contribution in [0.25, 0.3) is 10.4 Å². The number of carbonyl (C=O) groups is 4. The van der Waals surface area contributed by atoms with Crippen molar-refractivity contribution in [3.8, 4) is 16.2 Å². The van der Waals surface area contributed by atoms with E-state index in [0.29, 0.717) is 17.9 Å². The molecule has 9 nitrogen and oxygen atoms in total. The van der Waals surface area contributed by atoms with Gasteiger partial charge in [-0.25, -0.2) is 9.59 Å². The van der Waals surface area contributed by atoms with E-state index in [1.807, 2.05) is 36.6 Å². The number of rotatable bonds is 13. The van der Waals surface area contributed by atoms with Gasteiger partial charge in [0.2, 0.25) is 0 Å². The van der Waals surface area contributed by atoms with Gasteiger partial charge in [0.1, 0.15) is 16.7 Å². The molecule has 0 unspecified atom stereocenters. The second-order valence-corrected chi connectivity index (χ2v) is 10.1. The average molecular weight is 571 g/mol. The molecule has 11 heteroatoms. The summed E-state index contributed by atoms with van der Waals surface area (Å²) >= 11 is 2.70. The molecule has 0 saturated carbocycles. The van der Waals surface area contributed by atoms with Crippen LogP contribution in [0, 0.1) is 0 Å². The molecule has 1 heterocycles. The van der Waals surface area contributed by atoms with Gasteiger partial charge in [0.15, 0.2) is 6.61 Å². The first kappa shape index (κ1) is 29.7. The van der Waals surface area contributed by atoms with Gasteiger partial charge >= 0.3 is 11.9 Å². The van der Waals surface area contributed by atoms with E-state index in [4.69, 9.17) is 14.2 Å². The Morgan fingerprint density at radius 3 is 2.41 bits per heavy atom. The van der Waals surface area contributed by atoms with Gasteiger partial charge < -0.3 is 24.8 Å². The van der Waals surface area contributed by atoms with Crippen molar-refractivity contribution in [2.75, 3.05) is 37.6 Å². The van der Waals surface area contributed by atoms with Gasteiger partial charge in [0.25, 0.3) is 11.8 Å². The normalized spacial score (nSPS) is 11.3. The smallest absolute Gasteiger partial charge is 0.350 e. The molecule has 0 aliphatic heterocycles. The Balaban J connectivity index is 1.68. The molecule has 0 saturated heterocycles. The maximum Gasteiger partial charge on any atom is 0.350 e. The topological polar surface area (TPSA) is 120 Å². The standard InChI is InChI=1S/C28H30N2O7S2/c1-4-36-28(34)25-21(16-23(39-25)18-10-6-5-7-11-18)29-24(31)17-37-27(33)20(14-15-38-3)30-26(32)19-12-8-9-13-22(19)35-2/h5-13,16,20H,4,14-15,17H2,1-3H3,(H,29,31)(H,30,32)/t20-/m1/s1. The summed E-state index contributed by atoms with van der Waals surface area (Å²) in [5, 5.41) is 5.32. The number of nitrogens with one attached hydrogen (secondary N) is 2. The molecule has 206 valence electrons. The van der Waals surface area contributed by atoms with Gasteiger partial charge in [-0.3, -0.25) is 9.59 Å². The van der Waals surface area contributed by atoms with E-state index >= 15 is 0 Å². The number of methoxy groups -OCH3 is 1. The fourth-order valence-corrected chi connectivity index (χ4v) is 5.04. The lowest BCUT2D eigenvalue weighted by atomic mass is 10.1. The van der Waals surface area contributed by atoms with E-state index < -0.39 is 36.4 Å². The monoisotopic (exact) mass is 570 g/mol. The molecule has 2 aromatic carbocycles. The summed E-state index contributed by atoms with van der Waals surface area (Å²) in [5.74, 6) is -1.49. The fourth-order valence-electron chi connectivity index (χ4n) is 3.55. The third kappa shape index (κ3) is 8.33. The molecule has 3 aromatic rings. The summed E-state index contributed by atoms with van der Waals surface area (Å²) in [4.78, 5) is 51.9. The number of hydrogen-bond donors (Lipinski definition) is 2. The summed E-state index contributed by atoms with van der Waals surface area (Å²) in [5.41, 5.74) is 1.42. The highest BCUT2D eigenvalue weighted by Crippen LogP contribution is 2.35. The maximum absolute atomic E-state index is 12.8. The summed E-state index contributed by atoms with van der Waals surface area (Å²) in [7, 11) is 1.45. The fraction of sp³-hybridized carbons (Fsp3) is 0.286. The minimum Gasteiger partial charge on any atom is -0.496 e. The highest BCUT2D eigenvalue weighted by molar-refractivity contribution is 7.98. The van der Waals surface area contributed by atoms with Crippen molar-refractivity contribution in [3.05, 3.63) is 71.1 Å². The van der Waals surface area contributed by atoms with Crippen molar-refractivity contribution in [2.24, 2.45) is 0 Å². The van der Waals surface area contributed by atoms with E-state index in [1.54, 1.807) is 37.3 Å². The molecule has 0 spiro atoms. The Hall–Kier alpha value is -3.83. The van der Waals surface area contributed by atoms with Gasteiger partial charge in [-0.15, -0.1) is 11.3 Å². The number of thioether (sulfide) groups is 1. The van der Waals surface area contributed by atoms with Gasteiger partial charge in [-0.1, -0.05) is 42.5 Å². The number of anilines is 1. The Bertz CT molecular complexity index is 1290. The number of amides is 2. The molecule has 0 aliphatic rings. The average Bonchev–Trinajstić information content (AvgIpc) is 3.38. The van der Waals surface area contributed by atoms with Crippen LogP contribution in [0.4, 0.5) is 5.69 Å². The van der Waals surface area contributed by atoms with Crippen LogP contribution in [-0.2, 0) is 19.1 Å². The molecule has 0 fully saturated rings. The highest BCUT2D eigenvalue weighted by Gasteiger charge is 2.25. The number of esters is 2. The second kappa shape index (κ2) is 14.9. The number of ether oxygens (including phenoxy) is 3. The van der Waals surface area contributed by atoms with Crippen LogP contribution in [0.2, 0.25) is 0 Å². The quantitative estimate of drug-likeness (QED) is 0.286. The van der Waals surface area contributed by atoms with Crippen molar-refractivity contribution in [2.45, 2.75) is 19.4 Å². The summed E-state index contributed by atoms with van der Waals surface area (Å²) in [6.45, 7) is 1.28. The van der Waals surface area contributed by atoms with E-state index in [2.05, 4.69) is 10.6 Å². The van der Waals surface area contributed by atoms with Crippen molar-refractivity contribution < 1.29 is 33.4 Å². The van der Waals surface area contributed by atoms with Crippen molar-refractivity contribution in [1.82, 2.24) is 5.32 Å². The third-order valence-electron chi connectivity index (χ3n) is 5.42. The Morgan fingerprint density at radius 1 is 1.00 bits per heavy atom. The molecule has 2 N–H and O–H groups in total. The second-order valence-electron chi connectivity index (χ2n) is 8.10. The zero-order valence-corrected chi connectivity index (χ0v) is 23.5. The summed E-state index contributed by atoms with van der Waals surface area (Å²) in [6, 6.07) is 16.8. The van der Waals surface area contributed by atoms with Crippen LogP contribution < -0.4 is 15.4 Å². The number of thiophene rings is 1. The molecule has 2 amide bonds. The third-order valence-corrected chi connectivity index (χ3v) is 7.23. The van der Waals surface area contributed by atoms with Crippen LogP contribution in [-0.4, -0.2) is 62.1 Å². The highest BCUT2D eigenvalue weighted by atomic mass is 32.2. The molecule has 3 rings (SSSR count). The Kier molecular flexibility index (Phi) is 11.4. The minimum absolute atomic E-state index is 0.181. The predicted octanol–water partition coefficient (Wildman–Crippen LogP) is 4.63. The van der Waals surface area contributed by atoms with E-state index in [9.17, 15) is 19.2 Å². The van der Waals surface area contributed by atoms with E-state index in [0.717, 1.165) is 10.4 Å². The van der Waals surface area contributed by atoms with Crippen LogP contribution in [0.3, 0.4) is 0 Å². The van der Waals surface area contributed by atoms with Crippen LogP contribution >= 0.6 is 23.1 Å². The van der Waals surface area contributed by atoms with E-state index in [-0.39, 0.29) is 22.7 Å². The van der Waals surface area contributed by atoms with Crippen molar-refractivity contribution >= 4 is 52.5 Å². The molecule has 1 atom stereocenters. The zero-order chi connectivity index (χ0) is 28.2. The minimum atomic E-state index is -0.969. The van der Waals surface area contributed by atoms with Gasteiger partial charge in [-0.2, -0.15) is 11.8 Å². The maximum atomic E-state index is 12.8. The molecule has 39 heavy (non-hydrogen) atoms. The number of hydrogen-bond acceptors (Lipinski definition) is 9. The predicted molar refractivity (Wildman–Crippen MR) is 153 cm³/mol. The van der Waals surface area contributed by atoms with Crippen LogP contribution in [0.5, 0.6) is 5.75 Å². The molecule has 0 radical (unpaired) electrons. The van der Waals surface area contributed by atoms with Crippen molar-refractivity contribution in [3.63, 3.8) is 0 Å². The largest absolute Gasteiger partial charge is 0.496 e. The zero-order valence-electron chi connectivity index (χ0n) is 21.9. The lowest BCUT2D eigenvalue weighted by Crippen LogP contribution is -2.43. The van der Waals surface area contributed by atoms with Crippen molar-refractivity contribution in [1.29, 1.82) is 0 Å². The number of carbonyl (C=O) groups excluding carboxylic acids is 4. The molecular formula is C28H30N2O7S2. The Morgan fingerprint density at radius 2 is 1.72 bits per heavy atom. The van der Waals surface area contributed by atoms with Gasteiger partial charge in [0.05, 0.1) is 25.0 Å². The first-order chi connectivity index (χ1) is 18.9. The van der Waals surface area contributed by atoms with Crippen LogP contribution in [0.15, 0.2) is 60.7 Å². The molecule has 0 bridgehead atoms. The number of benzene rings is 2. The summed E-state index contributed by atoms with van der Waals surface area (Å²) in [6.07, 6.45) is 2.18. The van der Waals surface area contributed by atoms with E-state index in [1.165, 1.54) is 30.2 Å².